The average Bonchev–Trinajstić information content (AvgIpc) is 3.33. The highest BCUT2D eigenvalue weighted by Gasteiger charge is 2.55. The van der Waals surface area contributed by atoms with E-state index in [4.69, 9.17) is 4.74 Å². The van der Waals surface area contributed by atoms with Crippen molar-refractivity contribution in [3.63, 3.8) is 0 Å². The highest BCUT2D eigenvalue weighted by Crippen LogP contribution is 2.41. The van der Waals surface area contributed by atoms with Gasteiger partial charge in [0.2, 0.25) is 5.91 Å². The van der Waals surface area contributed by atoms with Crippen molar-refractivity contribution in [3.8, 4) is 5.75 Å². The molecule has 1 aliphatic heterocycles. The average molecular weight is 456 g/mol. The molecule has 0 bridgehead atoms. The Labute approximate surface area is 197 Å². The van der Waals surface area contributed by atoms with Gasteiger partial charge in [-0.05, 0) is 54.2 Å². The van der Waals surface area contributed by atoms with E-state index in [1.54, 1.807) is 6.07 Å². The Morgan fingerprint density at radius 3 is 2.65 bits per heavy atom. The third-order valence-electron chi connectivity index (χ3n) is 6.37. The van der Waals surface area contributed by atoms with Crippen molar-refractivity contribution in [3.05, 3.63) is 95.1 Å². The van der Waals surface area contributed by atoms with Gasteiger partial charge in [-0.25, -0.2) is 4.79 Å². The standard InChI is InChI=1S/C27H25N3O4/c1-18-11-12-22(23(15-18)34-17-19-7-3-2-4-8-19)28-24(31)16-30-25(32)27(29-26(30)33)14-13-20-9-5-6-10-21(20)27/h2-12,15H,13-14,16-17H2,1H3,(H,28,31)(H,29,33). The summed E-state index contributed by atoms with van der Waals surface area (Å²) in [4.78, 5) is 39.9. The molecule has 0 aromatic heterocycles. The number of benzene rings is 3. The van der Waals surface area contributed by atoms with Gasteiger partial charge in [-0.3, -0.25) is 14.5 Å². The Bertz CT molecular complexity index is 1270. The van der Waals surface area contributed by atoms with Gasteiger partial charge >= 0.3 is 6.03 Å². The maximum Gasteiger partial charge on any atom is 0.325 e. The van der Waals surface area contributed by atoms with E-state index in [2.05, 4.69) is 10.6 Å². The minimum atomic E-state index is -1.08. The quantitative estimate of drug-likeness (QED) is 0.552. The second-order valence-corrected chi connectivity index (χ2v) is 8.71. The normalized spacial score (nSPS) is 18.7. The lowest BCUT2D eigenvalue weighted by Crippen LogP contribution is -2.43. The van der Waals surface area contributed by atoms with E-state index in [1.165, 1.54) is 0 Å². The van der Waals surface area contributed by atoms with Gasteiger partial charge in [-0.2, -0.15) is 0 Å². The summed E-state index contributed by atoms with van der Waals surface area (Å²) in [5.74, 6) is -0.335. The Morgan fingerprint density at radius 2 is 1.82 bits per heavy atom. The predicted molar refractivity (Wildman–Crippen MR) is 127 cm³/mol. The zero-order valence-corrected chi connectivity index (χ0v) is 18.8. The number of ether oxygens (including phenoxy) is 1. The molecule has 2 N–H and O–H groups in total. The molecule has 3 aromatic carbocycles. The Balaban J connectivity index is 1.29. The number of amides is 4. The number of nitrogens with zero attached hydrogens (tertiary/aromatic N) is 1. The van der Waals surface area contributed by atoms with E-state index in [0.717, 1.165) is 27.2 Å². The molecule has 1 unspecified atom stereocenters. The number of aryl methyl sites for hydroxylation is 2. The van der Waals surface area contributed by atoms with Crippen LogP contribution >= 0.6 is 0 Å². The second kappa shape index (κ2) is 8.67. The first kappa shape index (κ1) is 21.7. The number of urea groups is 1. The van der Waals surface area contributed by atoms with Crippen LogP contribution in [0.2, 0.25) is 0 Å². The summed E-state index contributed by atoms with van der Waals surface area (Å²) in [6.45, 7) is 1.91. The van der Waals surface area contributed by atoms with Crippen LogP contribution in [0.15, 0.2) is 72.8 Å². The van der Waals surface area contributed by atoms with Gasteiger partial charge in [0.25, 0.3) is 5.91 Å². The van der Waals surface area contributed by atoms with Gasteiger partial charge in [0.05, 0.1) is 5.69 Å². The summed E-state index contributed by atoms with van der Waals surface area (Å²) in [6.07, 6.45) is 1.19. The molecule has 172 valence electrons. The second-order valence-electron chi connectivity index (χ2n) is 8.71. The largest absolute Gasteiger partial charge is 0.487 e. The van der Waals surface area contributed by atoms with Gasteiger partial charge in [-0.1, -0.05) is 60.7 Å². The van der Waals surface area contributed by atoms with Crippen LogP contribution in [0.3, 0.4) is 0 Å². The summed E-state index contributed by atoms with van der Waals surface area (Å²) in [5.41, 5.74) is 3.25. The first-order valence-corrected chi connectivity index (χ1v) is 11.3. The van der Waals surface area contributed by atoms with Crippen LogP contribution in [-0.4, -0.2) is 29.3 Å². The molecule has 1 spiro atoms. The lowest BCUT2D eigenvalue weighted by Gasteiger charge is -2.22. The molecular formula is C27H25N3O4. The third kappa shape index (κ3) is 3.90. The summed E-state index contributed by atoms with van der Waals surface area (Å²) in [7, 11) is 0. The minimum Gasteiger partial charge on any atom is -0.487 e. The van der Waals surface area contributed by atoms with Crippen LogP contribution in [0.4, 0.5) is 10.5 Å². The molecule has 1 atom stereocenters. The zero-order valence-electron chi connectivity index (χ0n) is 18.8. The number of imide groups is 1. The Morgan fingerprint density at radius 1 is 1.06 bits per heavy atom. The summed E-state index contributed by atoms with van der Waals surface area (Å²) in [6, 6.07) is 22.3. The van der Waals surface area contributed by atoms with Gasteiger partial charge in [0.1, 0.15) is 24.4 Å². The fourth-order valence-corrected chi connectivity index (χ4v) is 4.65. The van der Waals surface area contributed by atoms with Crippen molar-refractivity contribution in [2.45, 2.75) is 31.9 Å². The predicted octanol–water partition coefficient (Wildman–Crippen LogP) is 3.91. The van der Waals surface area contributed by atoms with Gasteiger partial charge < -0.3 is 15.4 Å². The number of anilines is 1. The van der Waals surface area contributed by atoms with E-state index in [0.29, 0.717) is 30.9 Å². The van der Waals surface area contributed by atoms with Crippen molar-refractivity contribution < 1.29 is 19.1 Å². The molecule has 5 rings (SSSR count). The van der Waals surface area contributed by atoms with Crippen molar-refractivity contribution in [1.29, 1.82) is 0 Å². The smallest absolute Gasteiger partial charge is 0.325 e. The molecule has 1 heterocycles. The van der Waals surface area contributed by atoms with Gasteiger partial charge in [-0.15, -0.1) is 0 Å². The van der Waals surface area contributed by atoms with Crippen LogP contribution in [0.5, 0.6) is 5.75 Å². The molecule has 4 amide bonds. The number of carbonyl (C=O) groups is 3. The third-order valence-corrected chi connectivity index (χ3v) is 6.37. The molecule has 7 heteroatoms. The number of rotatable bonds is 6. The number of hydrogen-bond donors (Lipinski definition) is 2. The van der Waals surface area contributed by atoms with E-state index in [-0.39, 0.29) is 12.5 Å². The van der Waals surface area contributed by atoms with E-state index in [1.807, 2.05) is 73.7 Å². The maximum absolute atomic E-state index is 13.3. The summed E-state index contributed by atoms with van der Waals surface area (Å²) in [5, 5.41) is 5.65. The topological polar surface area (TPSA) is 87.7 Å². The molecule has 1 aliphatic carbocycles. The van der Waals surface area contributed by atoms with Crippen molar-refractivity contribution in [1.82, 2.24) is 10.2 Å². The highest BCUT2D eigenvalue weighted by atomic mass is 16.5. The van der Waals surface area contributed by atoms with E-state index < -0.39 is 17.5 Å². The lowest BCUT2D eigenvalue weighted by atomic mass is 9.92. The van der Waals surface area contributed by atoms with Crippen LogP contribution in [-0.2, 0) is 28.2 Å². The fraction of sp³-hybridized carbons (Fsp3) is 0.222. The van der Waals surface area contributed by atoms with Crippen LogP contribution in [0.1, 0.15) is 28.7 Å². The molecule has 1 fully saturated rings. The Kier molecular flexibility index (Phi) is 5.53. The van der Waals surface area contributed by atoms with Gasteiger partial charge in [0.15, 0.2) is 0 Å². The van der Waals surface area contributed by atoms with E-state index >= 15 is 0 Å². The summed E-state index contributed by atoms with van der Waals surface area (Å²) >= 11 is 0. The first-order valence-electron chi connectivity index (χ1n) is 11.3. The van der Waals surface area contributed by atoms with E-state index in [9.17, 15) is 14.4 Å². The molecule has 0 saturated carbocycles. The number of carbonyl (C=O) groups excluding carboxylic acids is 3. The highest BCUT2D eigenvalue weighted by molar-refractivity contribution is 6.11. The SMILES string of the molecule is Cc1ccc(NC(=O)CN2C(=O)NC3(CCc4ccccc43)C2=O)c(OCc2ccccc2)c1. The van der Waals surface area contributed by atoms with Gasteiger partial charge in [0, 0.05) is 0 Å². The number of nitrogens with one attached hydrogen (secondary N) is 2. The molecular weight excluding hydrogens is 430 g/mol. The Hall–Kier alpha value is -4.13. The molecule has 0 radical (unpaired) electrons. The zero-order chi connectivity index (χ0) is 23.7. The van der Waals surface area contributed by atoms with Crippen LogP contribution in [0, 0.1) is 6.92 Å². The number of fused-ring (bicyclic) bond motifs is 2. The first-order chi connectivity index (χ1) is 16.5. The molecule has 7 nitrogen and oxygen atoms in total. The number of hydrogen-bond acceptors (Lipinski definition) is 4. The molecule has 2 aliphatic rings. The molecule has 34 heavy (non-hydrogen) atoms. The summed E-state index contributed by atoms with van der Waals surface area (Å²) < 4.78 is 5.96. The van der Waals surface area contributed by atoms with Crippen LogP contribution in [0.25, 0.3) is 0 Å². The monoisotopic (exact) mass is 455 g/mol. The van der Waals surface area contributed by atoms with Crippen LogP contribution < -0.4 is 15.4 Å². The molecule has 3 aromatic rings. The van der Waals surface area contributed by atoms with Crippen molar-refractivity contribution >= 4 is 23.5 Å². The fourth-order valence-electron chi connectivity index (χ4n) is 4.65. The van der Waals surface area contributed by atoms with Crippen molar-refractivity contribution in [2.24, 2.45) is 0 Å². The minimum absolute atomic E-state index is 0.349. The van der Waals surface area contributed by atoms with Crippen molar-refractivity contribution in [2.75, 3.05) is 11.9 Å². The molecule has 1 saturated heterocycles. The maximum atomic E-state index is 13.3. The lowest BCUT2D eigenvalue weighted by molar-refractivity contribution is -0.134.